The van der Waals surface area contributed by atoms with Gasteiger partial charge in [-0.05, 0) is 95.6 Å². The fourth-order valence-electron chi connectivity index (χ4n) is 12.3. The first kappa shape index (κ1) is 40.3. The Bertz CT molecular complexity index is 5800. The standard InChI is InChI=1S/C76H51N5O.Pt/c1-76(2,3)51-43-44-77-70(45-51)80-65-40-17-15-34-63(65)71-68(80)47-69(75-72(71)60-33-13-12-30-57(60)56-29-10-11-31-58(56)61-37-22-38-62-59-32-14-16-39-64(59)81(75)74(61)62)82-53-28-20-27-52(46-53)78-48-79(67-42-19-18-41-66(67)78)73-54(49-23-6-4-7-24-49)35-21-36-55(73)50-25-8-5-9-26-50;/h4-45H,1-3H3;/q-2;/i4D,5D,6D,7D,8D,9D,23D,24D,25D,26D;. The van der Waals surface area contributed by atoms with Crippen molar-refractivity contribution in [2.75, 3.05) is 0 Å². The molecule has 0 fully saturated rings. The van der Waals surface area contributed by atoms with Gasteiger partial charge < -0.3 is 18.3 Å². The van der Waals surface area contributed by atoms with Crippen LogP contribution in [0.3, 0.4) is 0 Å². The minimum absolute atomic E-state index is 0. The molecule has 0 amide bonds. The molecule has 0 aliphatic carbocycles. The van der Waals surface area contributed by atoms with E-state index in [-0.39, 0.29) is 54.4 Å². The monoisotopic (exact) mass is 1250 g/mol. The Morgan fingerprint density at radius 2 is 1.06 bits per heavy atom. The number of rotatable bonds is 7. The molecule has 0 bridgehead atoms. The van der Waals surface area contributed by atoms with Crippen molar-refractivity contribution in [2.45, 2.75) is 26.2 Å². The van der Waals surface area contributed by atoms with Crippen molar-refractivity contribution in [3.05, 3.63) is 279 Å². The number of aromatic nitrogens is 5. The third-order valence-electron chi connectivity index (χ3n) is 15.8. The van der Waals surface area contributed by atoms with E-state index in [9.17, 15) is 5.48 Å². The second-order valence-electron chi connectivity index (χ2n) is 21.5. The molecular weight excluding hydrogens is 1190 g/mol. The average Bonchev–Trinajstić information content (AvgIpc) is 1.57. The summed E-state index contributed by atoms with van der Waals surface area (Å²) in [6.45, 7) is 6.59. The van der Waals surface area contributed by atoms with E-state index in [0.717, 1.165) is 87.0 Å². The van der Waals surface area contributed by atoms with Crippen molar-refractivity contribution in [1.29, 1.82) is 0 Å². The summed E-state index contributed by atoms with van der Waals surface area (Å²) < 4.78 is 105. The van der Waals surface area contributed by atoms with E-state index in [4.69, 9.17) is 17.9 Å². The number of imidazole rings is 1. The van der Waals surface area contributed by atoms with Crippen LogP contribution in [0.1, 0.15) is 40.0 Å². The Labute approximate surface area is 508 Å². The van der Waals surface area contributed by atoms with Crippen LogP contribution in [-0.2, 0) is 26.5 Å². The first-order valence-electron chi connectivity index (χ1n) is 32.1. The predicted molar refractivity (Wildman–Crippen MR) is 337 cm³/mol. The third-order valence-corrected chi connectivity index (χ3v) is 15.8. The van der Waals surface area contributed by atoms with Gasteiger partial charge in [0.25, 0.3) is 6.33 Å². The van der Waals surface area contributed by atoms with Gasteiger partial charge in [0.05, 0.1) is 35.9 Å². The molecule has 0 aliphatic rings. The number of benzene rings is 11. The molecule has 0 saturated carbocycles. The molecule has 16 aromatic rings. The van der Waals surface area contributed by atoms with Crippen molar-refractivity contribution in [1.82, 2.24) is 18.5 Å². The van der Waals surface area contributed by atoms with Crippen LogP contribution in [0.4, 0.5) is 0 Å². The molecule has 0 spiro atoms. The number of pyridine rings is 1. The zero-order valence-electron chi connectivity index (χ0n) is 54.9. The first-order valence-corrected chi connectivity index (χ1v) is 27.1. The van der Waals surface area contributed by atoms with Crippen LogP contribution in [-0.4, -0.2) is 18.5 Å². The summed E-state index contributed by atoms with van der Waals surface area (Å²) in [4.78, 5) is 5.11. The van der Waals surface area contributed by atoms with Gasteiger partial charge in [-0.15, -0.1) is 18.2 Å². The van der Waals surface area contributed by atoms with Gasteiger partial charge in [0.15, 0.2) is 0 Å². The van der Waals surface area contributed by atoms with E-state index in [1.54, 1.807) is 27.3 Å². The van der Waals surface area contributed by atoms with Crippen LogP contribution < -0.4 is 9.30 Å². The molecule has 398 valence electrons. The quantitative estimate of drug-likeness (QED) is 0.118. The van der Waals surface area contributed by atoms with Gasteiger partial charge in [0.2, 0.25) is 0 Å². The number of hydrogen-bond acceptors (Lipinski definition) is 2. The largest absolute Gasteiger partial charge is 0.508 e. The maximum Gasteiger partial charge on any atom is 0.268 e. The number of para-hydroxylation sites is 6. The van der Waals surface area contributed by atoms with Crippen LogP contribution in [0.25, 0.3) is 132 Å². The Balaban J connectivity index is 0.00000716. The number of nitrogens with zero attached hydrogens (tertiary/aromatic N) is 5. The molecule has 5 heterocycles. The molecule has 5 aromatic heterocycles. The smallest absolute Gasteiger partial charge is 0.268 e. The summed E-state index contributed by atoms with van der Waals surface area (Å²) in [5, 5.41) is 10.1. The minimum atomic E-state index is -0.583. The summed E-state index contributed by atoms with van der Waals surface area (Å²) >= 11 is 0. The summed E-state index contributed by atoms with van der Waals surface area (Å²) in [7, 11) is 0. The van der Waals surface area contributed by atoms with Crippen molar-refractivity contribution < 1.29 is 44.1 Å². The van der Waals surface area contributed by atoms with Gasteiger partial charge in [-0.1, -0.05) is 243 Å². The predicted octanol–water partition coefficient (Wildman–Crippen LogP) is 18.8. The second kappa shape index (κ2) is 19.7. The summed E-state index contributed by atoms with van der Waals surface area (Å²) in [5.41, 5.74) is 6.90. The Hall–Kier alpha value is -9.87. The van der Waals surface area contributed by atoms with Crippen LogP contribution in [0.2, 0.25) is 0 Å². The van der Waals surface area contributed by atoms with Crippen LogP contribution >= 0.6 is 0 Å². The molecule has 0 radical (unpaired) electrons. The summed E-state index contributed by atoms with van der Waals surface area (Å²) in [5.74, 6) is 1.42. The van der Waals surface area contributed by atoms with Crippen molar-refractivity contribution >= 4 is 92.5 Å². The normalized spacial score (nSPS) is 13.6. The van der Waals surface area contributed by atoms with E-state index in [1.807, 2.05) is 48.7 Å². The molecule has 0 aliphatic heterocycles. The fraction of sp³-hybridized carbons (Fsp3) is 0.0526. The molecular formula is C76H51N5OPt-2. The van der Waals surface area contributed by atoms with Crippen molar-refractivity contribution in [2.24, 2.45) is 0 Å². The average molecular weight is 1260 g/mol. The Kier molecular flexibility index (Phi) is 9.57. The van der Waals surface area contributed by atoms with E-state index < -0.39 is 60.4 Å². The molecule has 16 rings (SSSR count). The number of hydrogen-bond donors (Lipinski definition) is 0. The molecule has 0 atom stereocenters. The van der Waals surface area contributed by atoms with Crippen LogP contribution in [0.15, 0.2) is 255 Å². The van der Waals surface area contributed by atoms with Crippen molar-refractivity contribution in [3.63, 3.8) is 0 Å². The molecule has 0 unspecified atom stereocenters. The molecule has 11 aromatic carbocycles. The zero-order valence-corrected chi connectivity index (χ0v) is 47.2. The molecule has 83 heavy (non-hydrogen) atoms. The maximum absolute atomic E-state index is 9.24. The van der Waals surface area contributed by atoms with Gasteiger partial charge in [-0.25, -0.2) is 4.98 Å². The molecule has 6 nitrogen and oxygen atoms in total. The Morgan fingerprint density at radius 3 is 1.76 bits per heavy atom. The van der Waals surface area contributed by atoms with E-state index >= 15 is 0 Å². The molecule has 0 saturated heterocycles. The van der Waals surface area contributed by atoms with E-state index in [0.29, 0.717) is 34.0 Å². The summed E-state index contributed by atoms with van der Waals surface area (Å²) in [6.07, 6.45) is 5.39. The van der Waals surface area contributed by atoms with Gasteiger partial charge in [0.1, 0.15) is 5.82 Å². The maximum atomic E-state index is 9.24. The van der Waals surface area contributed by atoms with Gasteiger partial charge in [-0.3, -0.25) is 4.57 Å². The fourth-order valence-corrected chi connectivity index (χ4v) is 12.3. The van der Waals surface area contributed by atoms with Gasteiger partial charge >= 0.3 is 0 Å². The van der Waals surface area contributed by atoms with Gasteiger partial charge in [-0.2, -0.15) is 12.1 Å². The van der Waals surface area contributed by atoms with Crippen molar-refractivity contribution in [3.8, 4) is 50.9 Å². The topological polar surface area (TPSA) is 40.3 Å². The van der Waals surface area contributed by atoms with E-state index in [1.165, 1.54) is 0 Å². The van der Waals surface area contributed by atoms with Crippen LogP contribution in [0, 0.1) is 18.5 Å². The number of ether oxygens (including phenoxy) is 1. The first-order chi connectivity index (χ1) is 44.5. The van der Waals surface area contributed by atoms with Gasteiger partial charge in [0, 0.05) is 66.0 Å². The second-order valence-corrected chi connectivity index (χ2v) is 21.5. The van der Waals surface area contributed by atoms with Crippen LogP contribution in [0.5, 0.6) is 11.5 Å². The molecule has 7 heteroatoms. The van der Waals surface area contributed by atoms with E-state index in [2.05, 4.69) is 176 Å². The number of fused-ring (bicyclic) bond motifs is 15. The zero-order chi connectivity index (χ0) is 63.3. The minimum Gasteiger partial charge on any atom is -0.508 e. The SMILES string of the molecule is [2H]c1c([2H])c([2H])c(-c2cccc(-c3c([2H])c([2H])c([2H])c([2H])c3[2H])c2-[n+]2[c-]n(-c3[c-]c(Oc4[c-]c5c(c6ccccc6n5-c5cc(C(C)(C)C)ccn5)c5c6ccccc6c6ccccc6c6cccc7c8ccccc8n(c45)c67)ccc3)c3ccccc32)c([2H])c1[2H].[Pt]. The Morgan fingerprint density at radius 1 is 0.506 bits per heavy atom. The summed E-state index contributed by atoms with van der Waals surface area (Å²) in [6, 6.07) is 64.8. The third kappa shape index (κ3) is 7.96. The molecule has 0 N–H and O–H groups in total.